The van der Waals surface area contributed by atoms with Crippen LogP contribution >= 0.6 is 0 Å². The number of carboxylic acids is 1. The Morgan fingerprint density at radius 2 is 2.21 bits per heavy atom. The van der Waals surface area contributed by atoms with Gasteiger partial charge in [-0.2, -0.15) is 5.26 Å². The van der Waals surface area contributed by atoms with Gasteiger partial charge in [0.05, 0.1) is 12.1 Å². The molecule has 0 saturated carbocycles. The summed E-state index contributed by atoms with van der Waals surface area (Å²) in [5.41, 5.74) is 0.488. The third kappa shape index (κ3) is 2.90. The summed E-state index contributed by atoms with van der Waals surface area (Å²) in [5.74, 6) is -1.44. The van der Waals surface area contributed by atoms with Crippen molar-refractivity contribution in [2.45, 2.75) is 6.54 Å². The van der Waals surface area contributed by atoms with E-state index in [9.17, 15) is 9.18 Å². The predicted octanol–water partition coefficient (Wildman–Crippen LogP) is 2.60. The van der Waals surface area contributed by atoms with Crippen molar-refractivity contribution < 1.29 is 18.7 Å². The number of nitrogens with one attached hydrogen (secondary N) is 1. The van der Waals surface area contributed by atoms with Crippen LogP contribution in [0.5, 0.6) is 0 Å². The molecule has 0 saturated heterocycles. The van der Waals surface area contributed by atoms with Gasteiger partial charge in [-0.15, -0.1) is 0 Å². The zero-order valence-corrected chi connectivity index (χ0v) is 9.68. The SMILES string of the molecule is N#Cc1cc(NCc2ccc(C(=O)O)o2)ccc1F. The van der Waals surface area contributed by atoms with Crippen LogP contribution in [0.25, 0.3) is 0 Å². The summed E-state index contributed by atoms with van der Waals surface area (Å²) < 4.78 is 18.1. The number of benzene rings is 1. The summed E-state index contributed by atoms with van der Waals surface area (Å²) in [6.07, 6.45) is 0. The van der Waals surface area contributed by atoms with E-state index in [2.05, 4.69) is 5.32 Å². The van der Waals surface area contributed by atoms with Crippen molar-refractivity contribution in [3.05, 3.63) is 53.2 Å². The van der Waals surface area contributed by atoms with Crippen LogP contribution in [0.1, 0.15) is 21.9 Å². The molecule has 0 radical (unpaired) electrons. The van der Waals surface area contributed by atoms with Crippen LogP contribution in [0, 0.1) is 17.1 Å². The van der Waals surface area contributed by atoms with Crippen molar-refractivity contribution in [1.82, 2.24) is 0 Å². The van der Waals surface area contributed by atoms with Crippen molar-refractivity contribution in [3.63, 3.8) is 0 Å². The van der Waals surface area contributed by atoms with Gasteiger partial charge in [-0.25, -0.2) is 9.18 Å². The topological polar surface area (TPSA) is 86.3 Å². The number of anilines is 1. The fourth-order valence-corrected chi connectivity index (χ4v) is 1.50. The number of rotatable bonds is 4. The summed E-state index contributed by atoms with van der Waals surface area (Å²) in [6.45, 7) is 0.240. The van der Waals surface area contributed by atoms with Gasteiger partial charge in [0.15, 0.2) is 0 Å². The van der Waals surface area contributed by atoms with Gasteiger partial charge >= 0.3 is 5.97 Å². The van der Waals surface area contributed by atoms with Crippen LogP contribution in [0.15, 0.2) is 34.7 Å². The van der Waals surface area contributed by atoms with E-state index < -0.39 is 11.8 Å². The smallest absolute Gasteiger partial charge is 0.371 e. The molecular formula is C13H9FN2O3. The van der Waals surface area contributed by atoms with Crippen molar-refractivity contribution in [1.29, 1.82) is 5.26 Å². The van der Waals surface area contributed by atoms with Crippen molar-refractivity contribution >= 4 is 11.7 Å². The number of carbonyl (C=O) groups is 1. The molecule has 0 atom stereocenters. The maximum atomic E-state index is 13.1. The highest BCUT2D eigenvalue weighted by Gasteiger charge is 2.09. The van der Waals surface area contributed by atoms with Crippen molar-refractivity contribution in [2.24, 2.45) is 0 Å². The highest BCUT2D eigenvalue weighted by molar-refractivity contribution is 5.84. The molecule has 1 aromatic heterocycles. The second-order valence-corrected chi connectivity index (χ2v) is 3.73. The number of nitriles is 1. The number of nitrogens with zero attached hydrogens (tertiary/aromatic N) is 1. The van der Waals surface area contributed by atoms with Crippen molar-refractivity contribution in [3.8, 4) is 6.07 Å². The van der Waals surface area contributed by atoms with E-state index in [0.29, 0.717) is 11.4 Å². The van der Waals surface area contributed by atoms with E-state index in [4.69, 9.17) is 14.8 Å². The molecule has 5 nitrogen and oxygen atoms in total. The Balaban J connectivity index is 2.06. The number of hydrogen-bond donors (Lipinski definition) is 2. The third-order valence-electron chi connectivity index (χ3n) is 2.43. The first-order valence-corrected chi connectivity index (χ1v) is 5.35. The second kappa shape index (κ2) is 5.23. The van der Waals surface area contributed by atoms with Gasteiger partial charge < -0.3 is 14.8 Å². The molecule has 0 spiro atoms. The second-order valence-electron chi connectivity index (χ2n) is 3.73. The van der Waals surface area contributed by atoms with Gasteiger partial charge in [-0.05, 0) is 30.3 Å². The standard InChI is InChI=1S/C13H9FN2O3/c14-11-3-1-9(5-8(11)6-15)16-7-10-2-4-12(19-10)13(17)18/h1-5,16H,7H2,(H,17,18). The van der Waals surface area contributed by atoms with E-state index in [1.54, 1.807) is 6.07 Å². The first-order valence-electron chi connectivity index (χ1n) is 5.35. The molecule has 1 heterocycles. The van der Waals surface area contributed by atoms with Gasteiger partial charge in [-0.3, -0.25) is 0 Å². The Kier molecular flexibility index (Phi) is 3.48. The molecule has 0 aliphatic rings. The minimum absolute atomic E-state index is 0.0596. The summed E-state index contributed by atoms with van der Waals surface area (Å²) in [6, 6.07) is 8.66. The lowest BCUT2D eigenvalue weighted by Gasteiger charge is -2.04. The maximum Gasteiger partial charge on any atom is 0.371 e. The van der Waals surface area contributed by atoms with Gasteiger partial charge in [0.2, 0.25) is 5.76 Å². The van der Waals surface area contributed by atoms with Crippen LogP contribution in [0.3, 0.4) is 0 Å². The highest BCUT2D eigenvalue weighted by Crippen LogP contribution is 2.16. The number of aromatic carboxylic acids is 1. The van der Waals surface area contributed by atoms with E-state index in [0.717, 1.165) is 0 Å². The normalized spacial score (nSPS) is 9.89. The van der Waals surface area contributed by atoms with Gasteiger partial charge in [0, 0.05) is 5.69 Å². The molecule has 2 aromatic rings. The molecule has 0 amide bonds. The fraction of sp³-hybridized carbons (Fsp3) is 0.0769. The Bertz CT molecular complexity index is 658. The average molecular weight is 260 g/mol. The zero-order chi connectivity index (χ0) is 13.8. The van der Waals surface area contributed by atoms with Gasteiger partial charge in [0.1, 0.15) is 17.6 Å². The van der Waals surface area contributed by atoms with E-state index >= 15 is 0 Å². The Morgan fingerprint density at radius 1 is 1.42 bits per heavy atom. The lowest BCUT2D eigenvalue weighted by atomic mass is 10.2. The third-order valence-corrected chi connectivity index (χ3v) is 2.43. The molecule has 6 heteroatoms. The lowest BCUT2D eigenvalue weighted by molar-refractivity contribution is 0.0660. The first-order chi connectivity index (χ1) is 9.10. The molecule has 0 aliphatic carbocycles. The molecule has 2 rings (SSSR count). The molecule has 1 aromatic carbocycles. The van der Waals surface area contributed by atoms with Gasteiger partial charge in [-0.1, -0.05) is 0 Å². The number of carboxylic acid groups (broad SMARTS) is 1. The molecule has 0 fully saturated rings. The van der Waals surface area contributed by atoms with E-state index in [1.807, 2.05) is 0 Å². The summed E-state index contributed by atoms with van der Waals surface area (Å²) in [7, 11) is 0. The predicted molar refractivity (Wildman–Crippen MR) is 64.1 cm³/mol. The molecule has 0 aliphatic heterocycles. The van der Waals surface area contributed by atoms with Crippen LogP contribution in [-0.4, -0.2) is 11.1 Å². The quantitative estimate of drug-likeness (QED) is 0.882. The van der Waals surface area contributed by atoms with Crippen LogP contribution < -0.4 is 5.32 Å². The fourth-order valence-electron chi connectivity index (χ4n) is 1.50. The minimum Gasteiger partial charge on any atom is -0.475 e. The molecule has 96 valence electrons. The Labute approximate surface area is 107 Å². The number of halogens is 1. The van der Waals surface area contributed by atoms with Crippen molar-refractivity contribution in [2.75, 3.05) is 5.32 Å². The van der Waals surface area contributed by atoms with Crippen LogP contribution in [-0.2, 0) is 6.54 Å². The summed E-state index contributed by atoms with van der Waals surface area (Å²) >= 11 is 0. The minimum atomic E-state index is -1.14. The maximum absolute atomic E-state index is 13.1. The Hall–Kier alpha value is -2.81. The Morgan fingerprint density at radius 3 is 2.84 bits per heavy atom. The molecular weight excluding hydrogens is 251 g/mol. The largest absolute Gasteiger partial charge is 0.475 e. The first kappa shape index (κ1) is 12.6. The van der Waals surface area contributed by atoms with Gasteiger partial charge in [0.25, 0.3) is 0 Å². The average Bonchev–Trinajstić information content (AvgIpc) is 2.87. The lowest BCUT2D eigenvalue weighted by Crippen LogP contribution is -1.99. The van der Waals surface area contributed by atoms with E-state index in [1.165, 1.54) is 30.3 Å². The monoisotopic (exact) mass is 260 g/mol. The number of hydrogen-bond acceptors (Lipinski definition) is 4. The summed E-state index contributed by atoms with van der Waals surface area (Å²) in [5, 5.41) is 20.3. The molecule has 2 N–H and O–H groups in total. The zero-order valence-electron chi connectivity index (χ0n) is 9.68. The molecule has 0 bridgehead atoms. The highest BCUT2D eigenvalue weighted by atomic mass is 19.1. The molecule has 19 heavy (non-hydrogen) atoms. The van der Waals surface area contributed by atoms with Crippen LogP contribution in [0.4, 0.5) is 10.1 Å². The van der Waals surface area contributed by atoms with Crippen LogP contribution in [0.2, 0.25) is 0 Å². The molecule has 0 unspecified atom stereocenters. The number of furan rings is 1. The summed E-state index contributed by atoms with van der Waals surface area (Å²) in [4.78, 5) is 10.6. The van der Waals surface area contributed by atoms with E-state index in [-0.39, 0.29) is 17.9 Å².